The number of halogens is 1. The number of hydrogen-bond acceptors (Lipinski definition) is 11. The minimum Gasteiger partial charge on any atom is -0.379 e. The molecule has 0 atom stereocenters. The monoisotopic (exact) mass is 1160 g/mol. The molecule has 0 radical (unpaired) electrons. The number of hydrogen-bond donors (Lipinski definition) is 2. The zero-order valence-corrected chi connectivity index (χ0v) is 48.2. The van der Waals surface area contributed by atoms with Gasteiger partial charge in [-0.3, -0.25) is 34.2 Å². The molecule has 2 N–H and O–H groups in total. The molecule has 3 saturated heterocycles. The first-order chi connectivity index (χ1) is 38.8. The van der Waals surface area contributed by atoms with Gasteiger partial charge in [-0.05, 0) is 116 Å². The fourth-order valence-electron chi connectivity index (χ4n) is 11.3. The molecule has 80 heavy (non-hydrogen) atoms. The third kappa shape index (κ3) is 21.8. The molecule has 0 spiro atoms. The molecule has 0 aliphatic carbocycles. The highest BCUT2D eigenvalue weighted by molar-refractivity contribution is 9.09. The van der Waals surface area contributed by atoms with Gasteiger partial charge in [0.25, 0.3) is 0 Å². The van der Waals surface area contributed by atoms with E-state index in [-0.39, 0.29) is 25.1 Å². The van der Waals surface area contributed by atoms with Crippen molar-refractivity contribution in [3.63, 3.8) is 0 Å². The van der Waals surface area contributed by atoms with Gasteiger partial charge in [0.1, 0.15) is 0 Å². The minimum atomic E-state index is 0. The van der Waals surface area contributed by atoms with E-state index >= 15 is 0 Å². The number of ether oxygens (including phenoxy) is 2. The maximum atomic E-state index is 13.4. The van der Waals surface area contributed by atoms with Crippen LogP contribution in [0.5, 0.6) is 0 Å². The number of benzene rings is 3. The van der Waals surface area contributed by atoms with Gasteiger partial charge in [0.05, 0.1) is 67.6 Å². The summed E-state index contributed by atoms with van der Waals surface area (Å²) in [6.07, 6.45) is 9.82. The number of nitrogens with zero attached hydrogens (tertiary/aromatic N) is 7. The molecule has 5 aliphatic heterocycles. The Bertz CT molecular complexity index is 2410. The normalized spacial score (nSPS) is 18.7. The molecule has 4 bridgehead atoms. The van der Waals surface area contributed by atoms with Crippen molar-refractivity contribution in [2.75, 3.05) is 110 Å². The van der Waals surface area contributed by atoms with Crippen molar-refractivity contribution in [1.29, 1.82) is 0 Å². The summed E-state index contributed by atoms with van der Waals surface area (Å²) in [6.45, 7) is 14.5. The van der Waals surface area contributed by atoms with E-state index in [2.05, 4.69) is 144 Å². The van der Waals surface area contributed by atoms with Gasteiger partial charge in [0.15, 0.2) is 0 Å². The summed E-state index contributed by atoms with van der Waals surface area (Å²) in [7, 11) is 0. The molecule has 15 heteroatoms. The predicted molar refractivity (Wildman–Crippen MR) is 323 cm³/mol. The number of likely N-dealkylation sites (tertiary alicyclic amines) is 3. The maximum Gasteiger partial charge on any atom is 0.236 e. The molecule has 3 amide bonds. The summed E-state index contributed by atoms with van der Waals surface area (Å²) >= 11 is 3.23. The first-order valence-corrected chi connectivity index (χ1v) is 30.4. The molecule has 14 nitrogen and oxygen atoms in total. The molecule has 0 saturated carbocycles. The number of alkyl halides is 1. The molecular formula is C65H90BrN9O5. The topological polar surface area (TPSA) is 136 Å². The Kier molecular flexibility index (Phi) is 27.1. The third-order valence-corrected chi connectivity index (χ3v) is 16.4. The van der Waals surface area contributed by atoms with Gasteiger partial charge in [-0.15, -0.1) is 0 Å². The van der Waals surface area contributed by atoms with E-state index in [0.717, 1.165) is 165 Å². The van der Waals surface area contributed by atoms with Gasteiger partial charge < -0.3 is 34.8 Å². The number of fused-ring (bicyclic) bond motifs is 4. The van der Waals surface area contributed by atoms with E-state index in [0.29, 0.717) is 69.6 Å². The van der Waals surface area contributed by atoms with Crippen LogP contribution in [-0.4, -0.2) is 162 Å². The molecule has 10 rings (SSSR count). The van der Waals surface area contributed by atoms with Crippen LogP contribution in [0.3, 0.4) is 0 Å². The summed E-state index contributed by atoms with van der Waals surface area (Å²) in [5.41, 5.74) is 8.27. The van der Waals surface area contributed by atoms with Crippen LogP contribution in [0.25, 0.3) is 0 Å². The Balaban J connectivity index is 0.000000227. The highest BCUT2D eigenvalue weighted by atomic mass is 79.9. The summed E-state index contributed by atoms with van der Waals surface area (Å²) < 4.78 is 11.5. The number of pyridine rings is 2. The van der Waals surface area contributed by atoms with Crippen molar-refractivity contribution in [3.05, 3.63) is 167 Å². The highest BCUT2D eigenvalue weighted by Gasteiger charge is 2.27. The van der Waals surface area contributed by atoms with Crippen LogP contribution in [0.15, 0.2) is 127 Å². The molecular weight excluding hydrogens is 1070 g/mol. The predicted octanol–water partition coefficient (Wildman–Crippen LogP) is 8.47. The Morgan fingerprint density at radius 3 is 1.15 bits per heavy atom. The number of carbonyl (C=O) groups is 3. The highest BCUT2D eigenvalue weighted by Crippen LogP contribution is 2.25. The van der Waals surface area contributed by atoms with Crippen LogP contribution in [0.2, 0.25) is 0 Å². The van der Waals surface area contributed by atoms with Crippen LogP contribution < -0.4 is 10.6 Å². The molecule has 7 heterocycles. The average molecular weight is 1160 g/mol. The van der Waals surface area contributed by atoms with Crippen LogP contribution in [-0.2, 0) is 69.3 Å². The van der Waals surface area contributed by atoms with Gasteiger partial charge >= 0.3 is 0 Å². The lowest BCUT2D eigenvalue weighted by molar-refractivity contribution is -0.134. The number of amides is 3. The van der Waals surface area contributed by atoms with E-state index in [1.807, 2.05) is 39.0 Å². The second-order valence-electron chi connectivity index (χ2n) is 21.9. The van der Waals surface area contributed by atoms with Crippen LogP contribution >= 0.6 is 15.9 Å². The zero-order valence-electron chi connectivity index (χ0n) is 46.6. The van der Waals surface area contributed by atoms with Crippen LogP contribution in [0.1, 0.15) is 85.4 Å². The summed E-state index contributed by atoms with van der Waals surface area (Å²) in [4.78, 5) is 58.2. The van der Waals surface area contributed by atoms with Crippen molar-refractivity contribution < 1.29 is 23.9 Å². The van der Waals surface area contributed by atoms with Crippen molar-refractivity contribution in [1.82, 2.24) is 45.1 Å². The van der Waals surface area contributed by atoms with Gasteiger partial charge in [-0.2, -0.15) is 0 Å². The van der Waals surface area contributed by atoms with E-state index in [4.69, 9.17) is 14.5 Å². The van der Waals surface area contributed by atoms with E-state index in [1.54, 1.807) is 0 Å². The van der Waals surface area contributed by atoms with Gasteiger partial charge in [0, 0.05) is 91.6 Å². The molecule has 5 aliphatic rings. The standard InChI is InChI=1S/C39H51N5O3.C14H18BrNO.C11H17N3O.CH4/c45-38(43-18-14-34(15-19-43)26-32-8-3-1-4-9-32)30-41-22-24-47-25-23-42(29-37-13-7-12-36(28-41)40-37)31-39(46)44-20-16-35(17-21-44)27-33-10-5-2-6-11-33;15-11-14(17)16-8-6-13(7-9-16)10-12-4-2-1-3-5-12;1-2-10-8-12-4-6-15-7-5-13-9-11(3-1)14-10;/h1-13,34-35H,14-31H2;1-5,13H,6-11H2;1-3,12-13H,4-9H2;1H4. The Morgan fingerprint density at radius 1 is 0.438 bits per heavy atom. The number of carbonyl (C=O) groups excluding carboxylic acids is 3. The molecule has 2 aromatic heterocycles. The Morgan fingerprint density at radius 2 is 0.775 bits per heavy atom. The smallest absolute Gasteiger partial charge is 0.236 e. The maximum absolute atomic E-state index is 13.4. The van der Waals surface area contributed by atoms with Crippen molar-refractivity contribution in [2.24, 2.45) is 17.8 Å². The lowest BCUT2D eigenvalue weighted by atomic mass is 9.90. The molecule has 0 unspecified atom stereocenters. The SMILES string of the molecule is C.O=C(CBr)N1CCC(Cc2ccccc2)CC1.O=C(CN1CCOCCN(CC(=O)N2CCC(Cc3ccccc3)CC2)Cc2cccc(n2)C1)N1CCC(Cc2ccccc2)CC1.c1cc2nc(c1)CNCCOCCNC2. The summed E-state index contributed by atoms with van der Waals surface area (Å²) in [6, 6.07) is 44.3. The fourth-order valence-corrected chi connectivity index (χ4v) is 11.7. The van der Waals surface area contributed by atoms with Crippen molar-refractivity contribution in [2.45, 2.75) is 91.4 Å². The van der Waals surface area contributed by atoms with Gasteiger partial charge in [0.2, 0.25) is 17.7 Å². The van der Waals surface area contributed by atoms with Gasteiger partial charge in [-0.25, -0.2) is 0 Å². The lowest BCUT2D eigenvalue weighted by Gasteiger charge is -2.34. The van der Waals surface area contributed by atoms with Crippen molar-refractivity contribution >= 4 is 33.7 Å². The number of nitrogens with one attached hydrogen (secondary N) is 2. The third-order valence-electron chi connectivity index (χ3n) is 15.9. The van der Waals surface area contributed by atoms with E-state index in [1.165, 1.54) is 16.7 Å². The quantitative estimate of drug-likeness (QED) is 0.123. The van der Waals surface area contributed by atoms with E-state index in [9.17, 15) is 14.4 Å². The fraction of sp³-hybridized carbons (Fsp3) is 0.523. The first-order valence-electron chi connectivity index (χ1n) is 29.2. The zero-order chi connectivity index (χ0) is 54.7. The molecule has 3 fully saturated rings. The van der Waals surface area contributed by atoms with Crippen LogP contribution in [0, 0.1) is 17.8 Å². The Hall–Kier alpha value is -5.39. The number of rotatable bonds is 11. The summed E-state index contributed by atoms with van der Waals surface area (Å²) in [5, 5.41) is 7.06. The summed E-state index contributed by atoms with van der Waals surface area (Å²) in [5.74, 6) is 2.62. The van der Waals surface area contributed by atoms with Gasteiger partial charge in [-0.1, -0.05) is 126 Å². The second kappa shape index (κ2) is 34.8. The first kappa shape index (κ1) is 62.2. The molecule has 432 valence electrons. The van der Waals surface area contributed by atoms with Crippen molar-refractivity contribution in [3.8, 4) is 0 Å². The largest absolute Gasteiger partial charge is 0.379 e. The number of aromatic nitrogens is 2. The van der Waals surface area contributed by atoms with Crippen LogP contribution in [0.4, 0.5) is 0 Å². The lowest BCUT2D eigenvalue weighted by Crippen LogP contribution is -2.45. The number of piperidine rings is 3. The molecule has 5 aromatic rings. The minimum absolute atomic E-state index is 0. The molecule has 3 aromatic carbocycles. The van der Waals surface area contributed by atoms with E-state index < -0.39 is 0 Å². The average Bonchev–Trinajstić information content (AvgIpc) is 3.48. The second-order valence-corrected chi connectivity index (χ2v) is 22.5. The Labute approximate surface area is 486 Å².